The van der Waals surface area contributed by atoms with Gasteiger partial charge in [-0.2, -0.15) is 0 Å². The van der Waals surface area contributed by atoms with E-state index in [0.29, 0.717) is 18.4 Å². The Bertz CT molecular complexity index is 541. The van der Waals surface area contributed by atoms with Crippen molar-refractivity contribution in [1.82, 2.24) is 4.72 Å². The van der Waals surface area contributed by atoms with Gasteiger partial charge in [0.25, 0.3) is 5.91 Å². The van der Waals surface area contributed by atoms with Crippen molar-refractivity contribution in [3.63, 3.8) is 0 Å². The molecule has 0 radical (unpaired) electrons. The van der Waals surface area contributed by atoms with Gasteiger partial charge < -0.3 is 0 Å². The van der Waals surface area contributed by atoms with Crippen molar-refractivity contribution >= 4 is 27.3 Å². The predicted octanol–water partition coefficient (Wildman–Crippen LogP) is 1.98. The fraction of sp³-hybridized carbons (Fsp3) is 0.545. The summed E-state index contributed by atoms with van der Waals surface area (Å²) in [6.45, 7) is 3.74. The molecule has 4 nitrogen and oxygen atoms in total. The Kier molecular flexibility index (Phi) is 3.27. The second-order valence-electron chi connectivity index (χ2n) is 4.36. The van der Waals surface area contributed by atoms with Crippen molar-refractivity contribution < 1.29 is 13.2 Å². The Morgan fingerprint density at radius 3 is 2.47 bits per heavy atom. The minimum atomic E-state index is -3.47. The van der Waals surface area contributed by atoms with Crippen molar-refractivity contribution in [3.05, 3.63) is 21.4 Å². The minimum Gasteiger partial charge on any atom is -0.268 e. The van der Waals surface area contributed by atoms with Gasteiger partial charge in [-0.1, -0.05) is 6.42 Å². The molecule has 0 saturated heterocycles. The summed E-state index contributed by atoms with van der Waals surface area (Å²) in [5.74, 6) is -0.501. The van der Waals surface area contributed by atoms with Crippen molar-refractivity contribution in [2.45, 2.75) is 38.4 Å². The largest absolute Gasteiger partial charge is 0.268 e. The topological polar surface area (TPSA) is 63.2 Å². The number of thiophene rings is 1. The number of nitrogens with one attached hydrogen (secondary N) is 1. The molecule has 1 aliphatic rings. The average molecular weight is 273 g/mol. The number of sulfonamides is 1. The van der Waals surface area contributed by atoms with E-state index in [-0.39, 0.29) is 5.25 Å². The molecule has 6 heteroatoms. The molecule has 0 bridgehead atoms. The van der Waals surface area contributed by atoms with E-state index in [4.69, 9.17) is 0 Å². The van der Waals surface area contributed by atoms with Gasteiger partial charge in [-0.05, 0) is 32.3 Å². The molecule has 0 spiro atoms. The monoisotopic (exact) mass is 273 g/mol. The van der Waals surface area contributed by atoms with Crippen LogP contribution in [0.4, 0.5) is 0 Å². The fourth-order valence-corrected chi connectivity index (χ4v) is 4.04. The van der Waals surface area contributed by atoms with E-state index in [1.165, 1.54) is 11.3 Å². The number of aryl methyl sites for hydroxylation is 1. The van der Waals surface area contributed by atoms with Crippen LogP contribution >= 0.6 is 11.3 Å². The van der Waals surface area contributed by atoms with Gasteiger partial charge in [0, 0.05) is 10.3 Å². The molecule has 1 amide bonds. The van der Waals surface area contributed by atoms with Crippen LogP contribution in [0.2, 0.25) is 0 Å². The Hall–Kier alpha value is -0.880. The number of amides is 1. The van der Waals surface area contributed by atoms with Gasteiger partial charge in [0.05, 0.1) is 10.8 Å². The van der Waals surface area contributed by atoms with Gasteiger partial charge in [0.2, 0.25) is 10.0 Å². The Balaban J connectivity index is 2.14. The van der Waals surface area contributed by atoms with E-state index in [9.17, 15) is 13.2 Å². The van der Waals surface area contributed by atoms with Crippen LogP contribution in [0.5, 0.6) is 0 Å². The summed E-state index contributed by atoms with van der Waals surface area (Å²) in [6, 6.07) is 0. The summed E-state index contributed by atoms with van der Waals surface area (Å²) in [5, 5.41) is 1.32. The molecule has 1 N–H and O–H groups in total. The van der Waals surface area contributed by atoms with Gasteiger partial charge in [-0.15, -0.1) is 11.3 Å². The van der Waals surface area contributed by atoms with Crippen molar-refractivity contribution in [1.29, 1.82) is 0 Å². The first kappa shape index (κ1) is 12.6. The number of hydrogen-bond acceptors (Lipinski definition) is 4. The standard InChI is InChI=1S/C11H15NO3S2/c1-7-8(2)16-6-10(7)11(13)12-17(14,15)9-4-3-5-9/h6,9H,3-5H2,1-2H3,(H,12,13). The van der Waals surface area contributed by atoms with Gasteiger partial charge in [0.1, 0.15) is 0 Å². The number of carbonyl (C=O) groups excluding carboxylic acids is 1. The lowest BCUT2D eigenvalue weighted by Crippen LogP contribution is -2.41. The number of carbonyl (C=O) groups is 1. The van der Waals surface area contributed by atoms with Gasteiger partial charge in [-0.3, -0.25) is 4.79 Å². The maximum Gasteiger partial charge on any atom is 0.265 e. The molecule has 0 aliphatic heterocycles. The first-order chi connectivity index (χ1) is 7.92. The zero-order valence-electron chi connectivity index (χ0n) is 9.82. The van der Waals surface area contributed by atoms with Crippen LogP contribution in [0.25, 0.3) is 0 Å². The van der Waals surface area contributed by atoms with Crippen LogP contribution in [-0.2, 0) is 10.0 Å². The molecule has 1 aromatic rings. The quantitative estimate of drug-likeness (QED) is 0.916. The lowest BCUT2D eigenvalue weighted by atomic mass is 10.0. The van der Waals surface area contributed by atoms with Crippen molar-refractivity contribution in [2.75, 3.05) is 0 Å². The molecule has 0 unspecified atom stereocenters. The number of hydrogen-bond donors (Lipinski definition) is 1. The molecule has 1 saturated carbocycles. The van der Waals surface area contributed by atoms with Crippen LogP contribution in [0.3, 0.4) is 0 Å². The molecule has 1 aliphatic carbocycles. The highest BCUT2D eigenvalue weighted by Crippen LogP contribution is 2.26. The van der Waals surface area contributed by atoms with Gasteiger partial charge >= 0.3 is 0 Å². The summed E-state index contributed by atoms with van der Waals surface area (Å²) < 4.78 is 25.7. The lowest BCUT2D eigenvalue weighted by Gasteiger charge is -2.25. The molecule has 0 aromatic carbocycles. The van der Waals surface area contributed by atoms with E-state index in [0.717, 1.165) is 16.9 Å². The van der Waals surface area contributed by atoms with Crippen LogP contribution in [0, 0.1) is 13.8 Å². The summed E-state index contributed by atoms with van der Waals surface area (Å²) in [4.78, 5) is 12.9. The molecule has 2 rings (SSSR count). The molecule has 1 heterocycles. The summed E-state index contributed by atoms with van der Waals surface area (Å²) in [6.07, 6.45) is 2.24. The maximum atomic E-state index is 11.9. The average Bonchev–Trinajstić information content (AvgIpc) is 2.42. The molecular formula is C11H15NO3S2. The first-order valence-electron chi connectivity index (χ1n) is 5.52. The lowest BCUT2D eigenvalue weighted by molar-refractivity contribution is 0.0980. The highest BCUT2D eigenvalue weighted by Gasteiger charge is 2.33. The molecule has 1 fully saturated rings. The maximum absolute atomic E-state index is 11.9. The van der Waals surface area contributed by atoms with Crippen molar-refractivity contribution in [3.8, 4) is 0 Å². The third-order valence-electron chi connectivity index (χ3n) is 3.26. The van der Waals surface area contributed by atoms with E-state index >= 15 is 0 Å². The van der Waals surface area contributed by atoms with E-state index in [1.807, 2.05) is 13.8 Å². The molecular weight excluding hydrogens is 258 g/mol. The van der Waals surface area contributed by atoms with E-state index < -0.39 is 15.9 Å². The zero-order chi connectivity index (χ0) is 12.6. The van der Waals surface area contributed by atoms with E-state index in [1.54, 1.807) is 5.38 Å². The molecule has 0 atom stereocenters. The molecule has 94 valence electrons. The second-order valence-corrected chi connectivity index (χ2v) is 7.40. The van der Waals surface area contributed by atoms with Gasteiger partial charge in [0.15, 0.2) is 0 Å². The van der Waals surface area contributed by atoms with Crippen molar-refractivity contribution in [2.24, 2.45) is 0 Å². The Morgan fingerprint density at radius 2 is 2.06 bits per heavy atom. The van der Waals surface area contributed by atoms with E-state index in [2.05, 4.69) is 4.72 Å². The highest BCUT2D eigenvalue weighted by molar-refractivity contribution is 7.90. The fourth-order valence-electron chi connectivity index (χ4n) is 1.69. The summed E-state index contributed by atoms with van der Waals surface area (Å²) in [7, 11) is -3.47. The molecule has 17 heavy (non-hydrogen) atoms. The van der Waals surface area contributed by atoms with Crippen LogP contribution < -0.4 is 4.72 Å². The minimum absolute atomic E-state index is 0.383. The highest BCUT2D eigenvalue weighted by atomic mass is 32.2. The third-order valence-corrected chi connectivity index (χ3v) is 6.09. The predicted molar refractivity (Wildman–Crippen MR) is 67.8 cm³/mol. The Morgan fingerprint density at radius 1 is 1.41 bits per heavy atom. The smallest absolute Gasteiger partial charge is 0.265 e. The van der Waals surface area contributed by atoms with Crippen LogP contribution in [0.15, 0.2) is 5.38 Å². The number of rotatable bonds is 3. The second kappa shape index (κ2) is 4.42. The first-order valence-corrected chi connectivity index (χ1v) is 7.95. The van der Waals surface area contributed by atoms with Crippen LogP contribution in [0.1, 0.15) is 40.1 Å². The summed E-state index contributed by atoms with van der Waals surface area (Å²) in [5.41, 5.74) is 1.33. The zero-order valence-corrected chi connectivity index (χ0v) is 11.5. The Labute approximate surface area is 105 Å². The third kappa shape index (κ3) is 2.37. The summed E-state index contributed by atoms with van der Waals surface area (Å²) >= 11 is 1.46. The molecule has 1 aromatic heterocycles. The SMILES string of the molecule is Cc1scc(C(=O)NS(=O)(=O)C2CCC2)c1C. The van der Waals surface area contributed by atoms with Crippen LogP contribution in [-0.4, -0.2) is 19.6 Å². The normalized spacial score (nSPS) is 16.6. The van der Waals surface area contributed by atoms with Gasteiger partial charge in [-0.25, -0.2) is 13.1 Å².